The second-order valence-electron chi connectivity index (χ2n) is 7.03. The molecule has 0 radical (unpaired) electrons. The van der Waals surface area contributed by atoms with E-state index in [0.717, 1.165) is 24.9 Å². The summed E-state index contributed by atoms with van der Waals surface area (Å²) < 4.78 is 5.52. The number of hydrogen-bond donors (Lipinski definition) is 0. The van der Waals surface area contributed by atoms with Crippen LogP contribution in [-0.2, 0) is 6.54 Å². The number of hydrogen-bond acceptors (Lipinski definition) is 3. The van der Waals surface area contributed by atoms with Gasteiger partial charge in [-0.1, -0.05) is 37.8 Å². The normalized spacial score (nSPS) is 22.0. The van der Waals surface area contributed by atoms with Crippen molar-refractivity contribution < 1.29 is 4.74 Å². The molecule has 0 N–H and O–H groups in total. The first-order valence-electron chi connectivity index (χ1n) is 9.53. The Morgan fingerprint density at radius 3 is 2.17 bits per heavy atom. The molecule has 3 heteroatoms. The minimum atomic E-state index is 0.739. The number of benzene rings is 1. The lowest BCUT2D eigenvalue weighted by molar-refractivity contribution is 0.0851. The van der Waals surface area contributed by atoms with Crippen molar-refractivity contribution in [1.29, 1.82) is 0 Å². The standard InChI is InChI=1S/C20H32N2O/c1-2-23-20-11-9-18(10-12-20)17-21-13-15-22(16-14-21)19-7-5-3-4-6-8-19/h9-12,19H,2-8,13-17H2,1H3. The van der Waals surface area contributed by atoms with Crippen LogP contribution >= 0.6 is 0 Å². The minimum Gasteiger partial charge on any atom is -0.494 e. The zero-order valence-corrected chi connectivity index (χ0v) is 14.7. The topological polar surface area (TPSA) is 15.7 Å². The van der Waals surface area contributed by atoms with Crippen molar-refractivity contribution in [3.63, 3.8) is 0 Å². The molecule has 23 heavy (non-hydrogen) atoms. The first-order chi connectivity index (χ1) is 11.3. The quantitative estimate of drug-likeness (QED) is 0.766. The number of ether oxygens (including phenoxy) is 1. The van der Waals surface area contributed by atoms with Gasteiger partial charge in [0.25, 0.3) is 0 Å². The van der Waals surface area contributed by atoms with Crippen LogP contribution in [0.1, 0.15) is 51.0 Å². The average Bonchev–Trinajstić information content (AvgIpc) is 2.87. The van der Waals surface area contributed by atoms with E-state index in [4.69, 9.17) is 4.74 Å². The Balaban J connectivity index is 1.45. The predicted octanol–water partition coefficient (Wildman–Crippen LogP) is 3.93. The van der Waals surface area contributed by atoms with E-state index >= 15 is 0 Å². The Bertz CT molecular complexity index is 443. The monoisotopic (exact) mass is 316 g/mol. The Labute approximate surface area is 141 Å². The summed E-state index contributed by atoms with van der Waals surface area (Å²) in [7, 11) is 0. The SMILES string of the molecule is CCOc1ccc(CN2CCN(C3CCCCCC3)CC2)cc1. The van der Waals surface area contributed by atoms with Crippen LogP contribution in [0.25, 0.3) is 0 Å². The molecule has 1 aliphatic heterocycles. The molecule has 1 aromatic carbocycles. The van der Waals surface area contributed by atoms with Crippen molar-refractivity contribution in [1.82, 2.24) is 9.80 Å². The molecule has 3 nitrogen and oxygen atoms in total. The molecule has 0 atom stereocenters. The molecule has 0 spiro atoms. The molecule has 0 bridgehead atoms. The van der Waals surface area contributed by atoms with Crippen LogP contribution in [0, 0.1) is 0 Å². The van der Waals surface area contributed by atoms with Crippen molar-refractivity contribution in [3.05, 3.63) is 29.8 Å². The lowest BCUT2D eigenvalue weighted by atomic mass is 10.1. The molecule has 1 saturated carbocycles. The van der Waals surface area contributed by atoms with Crippen molar-refractivity contribution in [2.45, 2.75) is 58.0 Å². The first kappa shape index (κ1) is 16.8. The van der Waals surface area contributed by atoms with Crippen LogP contribution in [0.3, 0.4) is 0 Å². The molecule has 1 heterocycles. The molecule has 1 aromatic rings. The van der Waals surface area contributed by atoms with Gasteiger partial charge in [-0.05, 0) is 37.5 Å². The fraction of sp³-hybridized carbons (Fsp3) is 0.700. The second kappa shape index (κ2) is 8.70. The fourth-order valence-electron chi connectivity index (χ4n) is 4.03. The zero-order valence-electron chi connectivity index (χ0n) is 14.7. The summed E-state index contributed by atoms with van der Waals surface area (Å²) in [6.45, 7) is 8.77. The van der Waals surface area contributed by atoms with Gasteiger partial charge >= 0.3 is 0 Å². The molecule has 1 saturated heterocycles. The largest absolute Gasteiger partial charge is 0.494 e. The van der Waals surface area contributed by atoms with Gasteiger partial charge in [0.1, 0.15) is 5.75 Å². The van der Waals surface area contributed by atoms with Crippen LogP contribution < -0.4 is 4.74 Å². The van der Waals surface area contributed by atoms with E-state index in [9.17, 15) is 0 Å². The fourth-order valence-corrected chi connectivity index (χ4v) is 4.03. The summed E-state index contributed by atoms with van der Waals surface area (Å²) in [6, 6.07) is 9.48. The summed E-state index contributed by atoms with van der Waals surface area (Å²) in [6.07, 6.45) is 8.65. The van der Waals surface area contributed by atoms with E-state index in [1.807, 2.05) is 6.92 Å². The summed E-state index contributed by atoms with van der Waals surface area (Å²) in [4.78, 5) is 5.36. The smallest absolute Gasteiger partial charge is 0.119 e. The van der Waals surface area contributed by atoms with Crippen LogP contribution in [0.15, 0.2) is 24.3 Å². The van der Waals surface area contributed by atoms with Gasteiger partial charge in [0, 0.05) is 38.8 Å². The van der Waals surface area contributed by atoms with Gasteiger partial charge in [-0.15, -0.1) is 0 Å². The summed E-state index contributed by atoms with van der Waals surface area (Å²) in [5.41, 5.74) is 1.40. The zero-order chi connectivity index (χ0) is 15.9. The van der Waals surface area contributed by atoms with E-state index in [1.54, 1.807) is 0 Å². The molecule has 128 valence electrons. The maximum absolute atomic E-state index is 5.52. The highest BCUT2D eigenvalue weighted by atomic mass is 16.5. The first-order valence-corrected chi connectivity index (χ1v) is 9.53. The predicted molar refractivity (Wildman–Crippen MR) is 96.0 cm³/mol. The van der Waals surface area contributed by atoms with Crippen LogP contribution in [-0.4, -0.2) is 48.6 Å². The molecule has 0 unspecified atom stereocenters. The highest BCUT2D eigenvalue weighted by Crippen LogP contribution is 2.23. The molecular weight excluding hydrogens is 284 g/mol. The van der Waals surface area contributed by atoms with Crippen molar-refractivity contribution in [3.8, 4) is 5.75 Å². The molecule has 3 rings (SSSR count). The highest BCUT2D eigenvalue weighted by molar-refractivity contribution is 5.27. The average molecular weight is 316 g/mol. The highest BCUT2D eigenvalue weighted by Gasteiger charge is 2.24. The van der Waals surface area contributed by atoms with Gasteiger partial charge in [0.05, 0.1) is 6.61 Å². The molecule has 0 amide bonds. The Kier molecular flexibility index (Phi) is 6.35. The van der Waals surface area contributed by atoms with Crippen molar-refractivity contribution >= 4 is 0 Å². The van der Waals surface area contributed by atoms with Crippen LogP contribution in [0.2, 0.25) is 0 Å². The van der Waals surface area contributed by atoms with Gasteiger partial charge in [0.2, 0.25) is 0 Å². The summed E-state index contributed by atoms with van der Waals surface area (Å²) in [5, 5.41) is 0. The van der Waals surface area contributed by atoms with Crippen molar-refractivity contribution in [2.24, 2.45) is 0 Å². The van der Waals surface area contributed by atoms with E-state index in [1.165, 1.54) is 70.3 Å². The van der Waals surface area contributed by atoms with Gasteiger partial charge in [-0.3, -0.25) is 9.80 Å². The Hall–Kier alpha value is -1.06. The van der Waals surface area contributed by atoms with Gasteiger partial charge < -0.3 is 4.74 Å². The third-order valence-electron chi connectivity index (χ3n) is 5.39. The third-order valence-corrected chi connectivity index (χ3v) is 5.39. The van der Waals surface area contributed by atoms with E-state index in [-0.39, 0.29) is 0 Å². The number of piperazine rings is 1. The second-order valence-corrected chi connectivity index (χ2v) is 7.03. The Morgan fingerprint density at radius 1 is 0.913 bits per heavy atom. The molecular formula is C20H32N2O. The lowest BCUT2D eigenvalue weighted by Gasteiger charge is -2.39. The van der Waals surface area contributed by atoms with E-state index in [2.05, 4.69) is 34.1 Å². The summed E-state index contributed by atoms with van der Waals surface area (Å²) >= 11 is 0. The minimum absolute atomic E-state index is 0.739. The van der Waals surface area contributed by atoms with E-state index in [0.29, 0.717) is 0 Å². The lowest BCUT2D eigenvalue weighted by Crippen LogP contribution is -2.49. The Morgan fingerprint density at radius 2 is 1.57 bits per heavy atom. The molecule has 2 fully saturated rings. The number of rotatable bonds is 5. The maximum Gasteiger partial charge on any atom is 0.119 e. The summed E-state index contributed by atoms with van der Waals surface area (Å²) in [5.74, 6) is 0.981. The number of nitrogens with zero attached hydrogens (tertiary/aromatic N) is 2. The van der Waals surface area contributed by atoms with Gasteiger partial charge in [-0.25, -0.2) is 0 Å². The van der Waals surface area contributed by atoms with Crippen LogP contribution in [0.4, 0.5) is 0 Å². The molecule has 0 aromatic heterocycles. The molecule has 2 aliphatic rings. The molecule has 1 aliphatic carbocycles. The van der Waals surface area contributed by atoms with Gasteiger partial charge in [0.15, 0.2) is 0 Å². The maximum atomic E-state index is 5.52. The van der Waals surface area contributed by atoms with E-state index < -0.39 is 0 Å². The van der Waals surface area contributed by atoms with Gasteiger partial charge in [-0.2, -0.15) is 0 Å². The van der Waals surface area contributed by atoms with Crippen LogP contribution in [0.5, 0.6) is 5.75 Å². The van der Waals surface area contributed by atoms with Crippen molar-refractivity contribution in [2.75, 3.05) is 32.8 Å². The third kappa shape index (κ3) is 4.95.